The number of halogens is 3. The molecule has 10 heteroatoms. The molecule has 1 heterocycles. The van der Waals surface area contributed by atoms with Gasteiger partial charge in [-0.05, 0) is 41.6 Å². The number of ether oxygens (including phenoxy) is 1. The number of benzene rings is 2. The third-order valence-electron chi connectivity index (χ3n) is 3.29. The summed E-state index contributed by atoms with van der Waals surface area (Å²) >= 11 is 0. The summed E-state index contributed by atoms with van der Waals surface area (Å²) in [6, 6.07) is 12.5. The van der Waals surface area contributed by atoms with E-state index in [1.807, 2.05) is 13.8 Å². The standard InChI is InChI=1S/C16H14F3N5O2.C2H6/c17-16(18,19)26-12-7-5-11(6-8-12)20-14-4-2-1-3-13(14)15-21-23-24(22-15)9-10-25;1-2/h1-8,20,25H,9-10H2;1-2H3. The predicted molar refractivity (Wildman–Crippen MR) is 98.1 cm³/mol. The van der Waals surface area contributed by atoms with Gasteiger partial charge in [0.2, 0.25) is 5.82 Å². The lowest BCUT2D eigenvalue weighted by atomic mass is 10.1. The molecule has 28 heavy (non-hydrogen) atoms. The molecule has 3 aromatic rings. The summed E-state index contributed by atoms with van der Waals surface area (Å²) in [5.41, 5.74) is 1.88. The van der Waals surface area contributed by atoms with Gasteiger partial charge in [0.15, 0.2) is 0 Å². The number of hydrogen-bond acceptors (Lipinski definition) is 6. The van der Waals surface area contributed by atoms with E-state index in [2.05, 4.69) is 25.5 Å². The molecule has 0 atom stereocenters. The number of aromatic nitrogens is 4. The summed E-state index contributed by atoms with van der Waals surface area (Å²) in [5.74, 6) is 0.0588. The number of tetrazole rings is 1. The number of rotatable bonds is 6. The minimum atomic E-state index is -4.73. The Morgan fingerprint density at radius 3 is 2.39 bits per heavy atom. The van der Waals surface area contributed by atoms with Gasteiger partial charge in [-0.3, -0.25) is 0 Å². The zero-order valence-electron chi connectivity index (χ0n) is 15.3. The maximum absolute atomic E-state index is 12.2. The van der Waals surface area contributed by atoms with E-state index in [1.54, 1.807) is 24.3 Å². The number of aliphatic hydroxyl groups excluding tert-OH is 1. The average Bonchev–Trinajstić information content (AvgIpc) is 3.13. The summed E-state index contributed by atoms with van der Waals surface area (Å²) in [6.07, 6.45) is -4.73. The quantitative estimate of drug-likeness (QED) is 0.656. The van der Waals surface area contributed by atoms with Gasteiger partial charge < -0.3 is 15.2 Å². The minimum Gasteiger partial charge on any atom is -0.406 e. The van der Waals surface area contributed by atoms with E-state index in [0.29, 0.717) is 22.8 Å². The molecular formula is C18H20F3N5O2. The first-order chi connectivity index (χ1) is 13.4. The molecule has 0 saturated heterocycles. The molecule has 0 aliphatic carbocycles. The number of hydrogen-bond donors (Lipinski definition) is 2. The molecule has 0 saturated carbocycles. The first kappa shape index (κ1) is 21.2. The lowest BCUT2D eigenvalue weighted by Gasteiger charge is -2.12. The van der Waals surface area contributed by atoms with E-state index in [-0.39, 0.29) is 18.9 Å². The maximum atomic E-state index is 12.2. The van der Waals surface area contributed by atoms with Crippen LogP contribution in [-0.4, -0.2) is 38.3 Å². The van der Waals surface area contributed by atoms with Crippen LogP contribution in [-0.2, 0) is 6.54 Å². The van der Waals surface area contributed by atoms with Gasteiger partial charge in [0.25, 0.3) is 0 Å². The topological polar surface area (TPSA) is 85.1 Å². The van der Waals surface area contributed by atoms with E-state index < -0.39 is 6.36 Å². The molecule has 0 amide bonds. The van der Waals surface area contributed by atoms with Crippen molar-refractivity contribution in [3.63, 3.8) is 0 Å². The molecule has 0 aliphatic rings. The Kier molecular flexibility index (Phi) is 7.33. The number of para-hydroxylation sites is 1. The Balaban J connectivity index is 0.00000136. The molecule has 7 nitrogen and oxygen atoms in total. The summed E-state index contributed by atoms with van der Waals surface area (Å²) in [5, 5.41) is 24.0. The SMILES string of the molecule is CC.OCCn1nnc(-c2ccccc2Nc2ccc(OC(F)(F)F)cc2)n1. The highest BCUT2D eigenvalue weighted by molar-refractivity contribution is 5.77. The largest absolute Gasteiger partial charge is 0.573 e. The van der Waals surface area contributed by atoms with E-state index in [4.69, 9.17) is 5.11 Å². The third-order valence-corrected chi connectivity index (χ3v) is 3.29. The van der Waals surface area contributed by atoms with Crippen molar-refractivity contribution in [2.45, 2.75) is 26.8 Å². The van der Waals surface area contributed by atoms with Crippen LogP contribution in [0.15, 0.2) is 48.5 Å². The van der Waals surface area contributed by atoms with Crippen molar-refractivity contribution in [1.82, 2.24) is 20.2 Å². The lowest BCUT2D eigenvalue weighted by Crippen LogP contribution is -2.16. The molecule has 2 aromatic carbocycles. The van der Waals surface area contributed by atoms with Crippen LogP contribution in [0, 0.1) is 0 Å². The van der Waals surface area contributed by atoms with Gasteiger partial charge in [-0.25, -0.2) is 0 Å². The van der Waals surface area contributed by atoms with Crippen molar-refractivity contribution in [3.05, 3.63) is 48.5 Å². The average molecular weight is 395 g/mol. The van der Waals surface area contributed by atoms with Crippen LogP contribution in [0.4, 0.5) is 24.5 Å². The van der Waals surface area contributed by atoms with Crippen LogP contribution in [0.1, 0.15) is 13.8 Å². The van der Waals surface area contributed by atoms with Gasteiger partial charge in [-0.15, -0.1) is 23.4 Å². The molecule has 0 fully saturated rings. The summed E-state index contributed by atoms with van der Waals surface area (Å²) < 4.78 is 40.5. The highest BCUT2D eigenvalue weighted by Crippen LogP contribution is 2.29. The second-order valence-electron chi connectivity index (χ2n) is 5.18. The normalized spacial score (nSPS) is 10.8. The fraction of sp³-hybridized carbons (Fsp3) is 0.278. The van der Waals surface area contributed by atoms with Crippen LogP contribution in [0.25, 0.3) is 11.4 Å². The van der Waals surface area contributed by atoms with Gasteiger partial charge in [-0.1, -0.05) is 26.0 Å². The number of nitrogens with one attached hydrogen (secondary N) is 1. The monoisotopic (exact) mass is 395 g/mol. The van der Waals surface area contributed by atoms with E-state index in [1.165, 1.54) is 29.1 Å². The molecule has 0 radical (unpaired) electrons. The van der Waals surface area contributed by atoms with Gasteiger partial charge in [0, 0.05) is 16.9 Å². The summed E-state index contributed by atoms with van der Waals surface area (Å²) in [4.78, 5) is 1.27. The van der Waals surface area contributed by atoms with E-state index in [0.717, 1.165) is 0 Å². The maximum Gasteiger partial charge on any atom is 0.573 e. The fourth-order valence-electron chi connectivity index (χ4n) is 2.22. The zero-order valence-corrected chi connectivity index (χ0v) is 15.3. The van der Waals surface area contributed by atoms with Crippen LogP contribution >= 0.6 is 0 Å². The number of anilines is 2. The highest BCUT2D eigenvalue weighted by atomic mass is 19.4. The second-order valence-corrected chi connectivity index (χ2v) is 5.18. The molecule has 0 bridgehead atoms. The second kappa shape index (κ2) is 9.70. The smallest absolute Gasteiger partial charge is 0.406 e. The molecule has 2 N–H and O–H groups in total. The van der Waals surface area contributed by atoms with Crippen molar-refractivity contribution in [2.24, 2.45) is 0 Å². The number of aliphatic hydroxyl groups is 1. The first-order valence-electron chi connectivity index (χ1n) is 8.55. The highest BCUT2D eigenvalue weighted by Gasteiger charge is 2.30. The van der Waals surface area contributed by atoms with Crippen molar-refractivity contribution in [2.75, 3.05) is 11.9 Å². The molecule has 150 valence electrons. The van der Waals surface area contributed by atoms with Crippen LogP contribution in [0.2, 0.25) is 0 Å². The molecule has 0 unspecified atom stereocenters. The van der Waals surface area contributed by atoms with Crippen molar-refractivity contribution < 1.29 is 23.0 Å². The van der Waals surface area contributed by atoms with Crippen molar-refractivity contribution in [1.29, 1.82) is 0 Å². The van der Waals surface area contributed by atoms with Gasteiger partial charge in [0.1, 0.15) is 5.75 Å². The van der Waals surface area contributed by atoms with E-state index >= 15 is 0 Å². The van der Waals surface area contributed by atoms with Gasteiger partial charge in [-0.2, -0.15) is 4.80 Å². The molecule has 0 spiro atoms. The molecular weight excluding hydrogens is 375 g/mol. The van der Waals surface area contributed by atoms with Crippen LogP contribution in [0.5, 0.6) is 5.75 Å². The number of alkyl halides is 3. The Morgan fingerprint density at radius 1 is 1.07 bits per heavy atom. The summed E-state index contributed by atoms with van der Waals surface area (Å²) in [6.45, 7) is 4.12. The van der Waals surface area contributed by atoms with Crippen molar-refractivity contribution >= 4 is 11.4 Å². The van der Waals surface area contributed by atoms with Crippen LogP contribution in [0.3, 0.4) is 0 Å². The molecule has 0 aliphatic heterocycles. The fourth-order valence-corrected chi connectivity index (χ4v) is 2.22. The van der Waals surface area contributed by atoms with Gasteiger partial charge >= 0.3 is 6.36 Å². The summed E-state index contributed by atoms with van der Waals surface area (Å²) in [7, 11) is 0. The first-order valence-corrected chi connectivity index (χ1v) is 8.55. The van der Waals surface area contributed by atoms with Crippen LogP contribution < -0.4 is 10.1 Å². The Labute approximate surface area is 159 Å². The van der Waals surface area contributed by atoms with Gasteiger partial charge in [0.05, 0.1) is 13.2 Å². The van der Waals surface area contributed by atoms with Crippen molar-refractivity contribution in [3.8, 4) is 17.1 Å². The Bertz CT molecular complexity index is 866. The number of nitrogens with zero attached hydrogens (tertiary/aromatic N) is 4. The lowest BCUT2D eigenvalue weighted by molar-refractivity contribution is -0.274. The molecule has 1 aromatic heterocycles. The minimum absolute atomic E-state index is 0.109. The Morgan fingerprint density at radius 2 is 1.75 bits per heavy atom. The molecule has 3 rings (SSSR count). The zero-order chi connectivity index (χ0) is 20.6. The predicted octanol–water partition coefficient (Wildman–Crippen LogP) is 4.00. The Hall–Kier alpha value is -3.14. The third kappa shape index (κ3) is 5.95. The van der Waals surface area contributed by atoms with E-state index in [9.17, 15) is 13.2 Å².